The molecule has 3 N–H and O–H groups in total. The molecule has 0 aliphatic carbocycles. The van der Waals surface area contributed by atoms with Crippen molar-refractivity contribution in [2.75, 3.05) is 32.8 Å². The lowest BCUT2D eigenvalue weighted by molar-refractivity contribution is 0.0970. The zero-order chi connectivity index (χ0) is 25.8. The lowest BCUT2D eigenvalue weighted by Gasteiger charge is -2.22. The molecule has 0 radical (unpaired) electrons. The van der Waals surface area contributed by atoms with Gasteiger partial charge in [-0.25, -0.2) is 4.39 Å². The van der Waals surface area contributed by atoms with Crippen LogP contribution in [0, 0.1) is 12.7 Å². The summed E-state index contributed by atoms with van der Waals surface area (Å²) in [6.07, 6.45) is 1.58. The van der Waals surface area contributed by atoms with Crippen LogP contribution in [0.15, 0.2) is 54.7 Å². The van der Waals surface area contributed by atoms with Crippen LogP contribution in [-0.4, -0.2) is 43.3 Å². The first kappa shape index (κ1) is 25.3. The van der Waals surface area contributed by atoms with Gasteiger partial charge in [-0.05, 0) is 36.8 Å². The Kier molecular flexibility index (Phi) is 7.67. The van der Waals surface area contributed by atoms with E-state index in [4.69, 9.17) is 30.9 Å². The summed E-state index contributed by atoms with van der Waals surface area (Å²) in [6.45, 7) is 1.72. The van der Waals surface area contributed by atoms with E-state index in [1.54, 1.807) is 49.5 Å². The summed E-state index contributed by atoms with van der Waals surface area (Å²) >= 11 is 6.18. The molecule has 1 heterocycles. The van der Waals surface area contributed by atoms with E-state index in [9.17, 15) is 9.18 Å². The van der Waals surface area contributed by atoms with Crippen molar-refractivity contribution in [1.29, 1.82) is 0 Å². The van der Waals surface area contributed by atoms with E-state index in [0.29, 0.717) is 55.6 Å². The maximum absolute atomic E-state index is 14.3. The molecular weight excluding hydrogens is 487 g/mol. The van der Waals surface area contributed by atoms with Crippen molar-refractivity contribution in [3.05, 3.63) is 82.3 Å². The SMILES string of the molecule is COc1cc(NC(C(=O)c2c[nH]c3c(C)cc(F)cc23)c2ccc(Cl)cc2OC)cc(OCCO)c1. The molecule has 0 saturated heterocycles. The van der Waals surface area contributed by atoms with Crippen molar-refractivity contribution in [3.63, 3.8) is 0 Å². The smallest absolute Gasteiger partial charge is 0.191 e. The summed E-state index contributed by atoms with van der Waals surface area (Å²) in [5.41, 5.74) is 2.76. The Balaban J connectivity index is 1.83. The van der Waals surface area contributed by atoms with Crippen molar-refractivity contribution >= 4 is 34.0 Å². The van der Waals surface area contributed by atoms with E-state index in [-0.39, 0.29) is 19.0 Å². The fourth-order valence-electron chi connectivity index (χ4n) is 4.12. The van der Waals surface area contributed by atoms with E-state index in [1.807, 2.05) is 0 Å². The van der Waals surface area contributed by atoms with Gasteiger partial charge in [-0.2, -0.15) is 0 Å². The minimum absolute atomic E-state index is 0.0974. The molecule has 0 amide bonds. The second kappa shape index (κ2) is 10.9. The fraction of sp³-hybridized carbons (Fsp3) is 0.222. The largest absolute Gasteiger partial charge is 0.497 e. The molecule has 9 heteroatoms. The number of aliphatic hydroxyl groups is 1. The highest BCUT2D eigenvalue weighted by molar-refractivity contribution is 6.30. The molecule has 4 rings (SSSR count). The number of aromatic amines is 1. The molecule has 0 aliphatic rings. The lowest BCUT2D eigenvalue weighted by Crippen LogP contribution is -2.22. The zero-order valence-electron chi connectivity index (χ0n) is 20.0. The van der Waals surface area contributed by atoms with Crippen LogP contribution in [0.2, 0.25) is 5.02 Å². The van der Waals surface area contributed by atoms with E-state index in [2.05, 4.69) is 10.3 Å². The lowest BCUT2D eigenvalue weighted by atomic mass is 9.95. The topological polar surface area (TPSA) is 92.8 Å². The van der Waals surface area contributed by atoms with Gasteiger partial charge in [0.1, 0.15) is 35.7 Å². The number of methoxy groups -OCH3 is 2. The van der Waals surface area contributed by atoms with Gasteiger partial charge in [-0.3, -0.25) is 4.79 Å². The number of H-pyrrole nitrogens is 1. The summed E-state index contributed by atoms with van der Waals surface area (Å²) in [4.78, 5) is 17.1. The van der Waals surface area contributed by atoms with Crippen molar-refractivity contribution in [2.24, 2.45) is 0 Å². The standard InChI is InChI=1S/C27H26ClFN2O5/c1-15-8-17(29)10-22-23(14-30-25(15)22)27(33)26(21-5-4-16(28)9-24(21)35-3)31-18-11-19(34-2)13-20(12-18)36-7-6-32/h4-5,8-14,26,30-32H,6-7H2,1-3H3. The molecule has 36 heavy (non-hydrogen) atoms. The Morgan fingerprint density at radius 3 is 2.61 bits per heavy atom. The summed E-state index contributed by atoms with van der Waals surface area (Å²) < 4.78 is 30.7. The van der Waals surface area contributed by atoms with Crippen molar-refractivity contribution in [1.82, 2.24) is 4.98 Å². The normalized spacial score (nSPS) is 11.8. The number of ether oxygens (including phenoxy) is 3. The van der Waals surface area contributed by atoms with Gasteiger partial charge >= 0.3 is 0 Å². The number of rotatable bonds is 10. The van der Waals surface area contributed by atoms with E-state index >= 15 is 0 Å². The van der Waals surface area contributed by atoms with Gasteiger partial charge in [-0.1, -0.05) is 17.7 Å². The summed E-state index contributed by atoms with van der Waals surface area (Å²) in [5, 5.41) is 13.3. The number of halogens is 2. The number of nitrogens with one attached hydrogen (secondary N) is 2. The zero-order valence-corrected chi connectivity index (χ0v) is 20.8. The fourth-order valence-corrected chi connectivity index (χ4v) is 4.29. The summed E-state index contributed by atoms with van der Waals surface area (Å²) in [7, 11) is 3.01. The molecular formula is C27H26ClFN2O5. The maximum Gasteiger partial charge on any atom is 0.191 e. The number of aliphatic hydroxyl groups excluding tert-OH is 1. The predicted octanol–water partition coefficient (Wildman–Crippen LogP) is 5.69. The second-order valence-electron chi connectivity index (χ2n) is 8.14. The van der Waals surface area contributed by atoms with Gasteiger partial charge in [0.15, 0.2) is 5.78 Å². The Bertz CT molecular complexity index is 1400. The van der Waals surface area contributed by atoms with Crippen LogP contribution in [-0.2, 0) is 0 Å². The first-order valence-electron chi connectivity index (χ1n) is 11.2. The highest BCUT2D eigenvalue weighted by Crippen LogP contribution is 2.36. The van der Waals surface area contributed by atoms with Gasteiger partial charge in [0.25, 0.3) is 0 Å². The predicted molar refractivity (Wildman–Crippen MR) is 137 cm³/mol. The number of Topliss-reactive ketones (excluding diaryl/α,β-unsaturated/α-hetero) is 1. The minimum Gasteiger partial charge on any atom is -0.497 e. The Morgan fingerprint density at radius 2 is 1.89 bits per heavy atom. The van der Waals surface area contributed by atoms with Crippen LogP contribution in [0.1, 0.15) is 27.5 Å². The Morgan fingerprint density at radius 1 is 1.11 bits per heavy atom. The molecule has 0 spiro atoms. The molecule has 4 aromatic rings. The number of carbonyl (C=O) groups is 1. The van der Waals surface area contributed by atoms with Crippen LogP contribution >= 0.6 is 11.6 Å². The van der Waals surface area contributed by atoms with Crippen LogP contribution in [0.4, 0.5) is 10.1 Å². The molecule has 188 valence electrons. The highest BCUT2D eigenvalue weighted by atomic mass is 35.5. The maximum atomic E-state index is 14.3. The third kappa shape index (κ3) is 5.24. The van der Waals surface area contributed by atoms with Crippen LogP contribution in [0.5, 0.6) is 17.2 Å². The van der Waals surface area contributed by atoms with Gasteiger partial charge in [-0.15, -0.1) is 0 Å². The van der Waals surface area contributed by atoms with E-state index < -0.39 is 11.9 Å². The number of aryl methyl sites for hydroxylation is 1. The molecule has 1 atom stereocenters. The third-order valence-electron chi connectivity index (χ3n) is 5.77. The Hall–Kier alpha value is -3.75. The van der Waals surface area contributed by atoms with Gasteiger partial charge < -0.3 is 29.6 Å². The third-order valence-corrected chi connectivity index (χ3v) is 6.01. The average molecular weight is 513 g/mol. The van der Waals surface area contributed by atoms with Crippen LogP contribution in [0.25, 0.3) is 10.9 Å². The average Bonchev–Trinajstić information content (AvgIpc) is 3.29. The molecule has 3 aromatic carbocycles. The number of hydrogen-bond donors (Lipinski definition) is 3. The monoisotopic (exact) mass is 512 g/mol. The Labute approximate surface area is 212 Å². The summed E-state index contributed by atoms with van der Waals surface area (Å²) in [6, 6.07) is 11.9. The molecule has 1 aromatic heterocycles. The number of anilines is 1. The van der Waals surface area contributed by atoms with Gasteiger partial charge in [0, 0.05) is 57.1 Å². The molecule has 0 bridgehead atoms. The number of fused-ring (bicyclic) bond motifs is 1. The first-order chi connectivity index (χ1) is 17.3. The molecule has 0 fully saturated rings. The number of benzene rings is 3. The van der Waals surface area contributed by atoms with Crippen molar-refractivity contribution in [2.45, 2.75) is 13.0 Å². The summed E-state index contributed by atoms with van der Waals surface area (Å²) in [5.74, 6) is 0.611. The van der Waals surface area contributed by atoms with Gasteiger partial charge in [0.05, 0.1) is 20.8 Å². The van der Waals surface area contributed by atoms with Crippen LogP contribution < -0.4 is 19.5 Å². The van der Waals surface area contributed by atoms with E-state index in [1.165, 1.54) is 26.4 Å². The quantitative estimate of drug-likeness (QED) is 0.236. The first-order valence-corrected chi connectivity index (χ1v) is 11.6. The number of aromatic nitrogens is 1. The number of ketones is 1. The highest BCUT2D eigenvalue weighted by Gasteiger charge is 2.28. The van der Waals surface area contributed by atoms with E-state index in [0.717, 1.165) is 0 Å². The molecule has 0 aliphatic heterocycles. The minimum atomic E-state index is -0.933. The number of carbonyl (C=O) groups excluding carboxylic acids is 1. The molecule has 7 nitrogen and oxygen atoms in total. The van der Waals surface area contributed by atoms with Gasteiger partial charge in [0.2, 0.25) is 0 Å². The van der Waals surface area contributed by atoms with Crippen LogP contribution in [0.3, 0.4) is 0 Å². The molecule has 0 saturated carbocycles. The molecule has 1 unspecified atom stereocenters. The van der Waals surface area contributed by atoms with Crippen molar-refractivity contribution in [3.8, 4) is 17.2 Å². The second-order valence-corrected chi connectivity index (χ2v) is 8.58. The number of hydrogen-bond acceptors (Lipinski definition) is 6. The van der Waals surface area contributed by atoms with Crippen molar-refractivity contribution < 1.29 is 28.5 Å².